The molecule has 0 spiro atoms. The third kappa shape index (κ3) is 5.50. The first-order valence-corrected chi connectivity index (χ1v) is 11.5. The van der Waals surface area contributed by atoms with Crippen molar-refractivity contribution in [3.8, 4) is 0 Å². The van der Waals surface area contributed by atoms with Gasteiger partial charge in [-0.25, -0.2) is 0 Å². The molecule has 164 valence electrons. The van der Waals surface area contributed by atoms with Gasteiger partial charge >= 0.3 is 5.97 Å². The van der Waals surface area contributed by atoms with Gasteiger partial charge in [0.2, 0.25) is 0 Å². The van der Waals surface area contributed by atoms with Crippen molar-refractivity contribution in [3.63, 3.8) is 0 Å². The lowest BCUT2D eigenvalue weighted by Crippen LogP contribution is -2.39. The maximum absolute atomic E-state index is 12.9. The summed E-state index contributed by atoms with van der Waals surface area (Å²) < 4.78 is 17.8. The summed E-state index contributed by atoms with van der Waals surface area (Å²) in [4.78, 5) is 12.9. The average molecular weight is 397 g/mol. The van der Waals surface area contributed by atoms with Crippen LogP contribution in [0.25, 0.3) is 0 Å². The molecular weight excluding hydrogens is 352 g/mol. The molecule has 0 radical (unpaired) electrons. The lowest BCUT2D eigenvalue weighted by atomic mass is 9.69. The predicted octanol–water partition coefficient (Wildman–Crippen LogP) is 5.83. The molecule has 3 rings (SSSR count). The van der Waals surface area contributed by atoms with Crippen LogP contribution in [-0.4, -0.2) is 31.6 Å². The van der Waals surface area contributed by atoms with Crippen LogP contribution in [0.15, 0.2) is 0 Å². The fraction of sp³-hybridized carbons (Fsp3) is 0.958. The number of rotatable bonds is 6. The summed E-state index contributed by atoms with van der Waals surface area (Å²) in [6.07, 6.45) is 5.93. The molecule has 1 aliphatic heterocycles. The van der Waals surface area contributed by atoms with Gasteiger partial charge in [-0.2, -0.15) is 0 Å². The molecule has 0 aromatic carbocycles. The van der Waals surface area contributed by atoms with Crippen LogP contribution in [0, 0.1) is 34.5 Å². The minimum absolute atomic E-state index is 0.0812. The van der Waals surface area contributed by atoms with E-state index in [1.54, 1.807) is 0 Å². The molecule has 0 N–H and O–H groups in total. The molecule has 6 unspecified atom stereocenters. The van der Waals surface area contributed by atoms with Gasteiger partial charge in [-0.15, -0.1) is 0 Å². The maximum atomic E-state index is 12.9. The molecule has 2 bridgehead atoms. The van der Waals surface area contributed by atoms with Gasteiger partial charge in [-0.1, -0.05) is 54.9 Å². The summed E-state index contributed by atoms with van der Waals surface area (Å²) in [6.45, 7) is 17.6. The van der Waals surface area contributed by atoms with E-state index in [9.17, 15) is 4.79 Å². The summed E-state index contributed by atoms with van der Waals surface area (Å²) in [6, 6.07) is 0. The van der Waals surface area contributed by atoms with Crippen LogP contribution in [0.2, 0.25) is 0 Å². The van der Waals surface area contributed by atoms with Gasteiger partial charge in [0.15, 0.2) is 6.29 Å². The molecule has 3 aliphatic rings. The zero-order valence-corrected chi connectivity index (χ0v) is 19.5. The Hall–Kier alpha value is -0.610. The van der Waals surface area contributed by atoms with E-state index in [1.165, 1.54) is 25.7 Å². The highest BCUT2D eigenvalue weighted by Crippen LogP contribution is 2.51. The first-order valence-electron chi connectivity index (χ1n) is 11.5. The van der Waals surface area contributed by atoms with E-state index in [0.717, 1.165) is 18.3 Å². The van der Waals surface area contributed by atoms with Crippen LogP contribution in [0.4, 0.5) is 0 Å². The fourth-order valence-corrected chi connectivity index (χ4v) is 5.36. The molecule has 2 aliphatic carbocycles. The summed E-state index contributed by atoms with van der Waals surface area (Å²) in [7, 11) is 0. The number of hydrogen-bond acceptors (Lipinski definition) is 4. The largest absolute Gasteiger partial charge is 0.462 e. The molecular formula is C24H44O4. The number of esters is 1. The summed E-state index contributed by atoms with van der Waals surface area (Å²) in [5.41, 5.74) is -0.389. The number of hydrogen-bond donors (Lipinski definition) is 0. The van der Waals surface area contributed by atoms with Crippen molar-refractivity contribution >= 4 is 5.97 Å². The van der Waals surface area contributed by atoms with Gasteiger partial charge in [-0.3, -0.25) is 4.79 Å². The van der Waals surface area contributed by atoms with E-state index in [2.05, 4.69) is 34.6 Å². The first kappa shape index (κ1) is 23.7. The number of carbonyl (C=O) groups is 1. The molecule has 3 fully saturated rings. The number of carbonyl (C=O) groups excluding carboxylic acids is 1. The second kappa shape index (κ2) is 9.47. The van der Waals surface area contributed by atoms with E-state index in [1.807, 2.05) is 20.8 Å². The Morgan fingerprint density at radius 3 is 2.29 bits per heavy atom. The Morgan fingerprint density at radius 2 is 1.79 bits per heavy atom. The van der Waals surface area contributed by atoms with Gasteiger partial charge in [0.1, 0.15) is 12.7 Å². The van der Waals surface area contributed by atoms with Crippen LogP contribution in [0.5, 0.6) is 0 Å². The van der Waals surface area contributed by atoms with Gasteiger partial charge in [0.05, 0.1) is 12.0 Å². The zero-order valence-electron chi connectivity index (χ0n) is 19.5. The van der Waals surface area contributed by atoms with Crippen molar-refractivity contribution in [1.82, 2.24) is 0 Å². The Balaban J connectivity index is 0.00000136. The van der Waals surface area contributed by atoms with Crippen LogP contribution in [0.1, 0.15) is 87.5 Å². The molecule has 6 atom stereocenters. The lowest BCUT2D eigenvalue weighted by molar-refractivity contribution is -0.165. The zero-order chi connectivity index (χ0) is 21.1. The van der Waals surface area contributed by atoms with Crippen molar-refractivity contribution in [2.75, 3.05) is 13.2 Å². The fourth-order valence-electron chi connectivity index (χ4n) is 5.36. The van der Waals surface area contributed by atoms with Crippen molar-refractivity contribution in [1.29, 1.82) is 0 Å². The van der Waals surface area contributed by atoms with Crippen molar-refractivity contribution in [3.05, 3.63) is 0 Å². The van der Waals surface area contributed by atoms with Crippen LogP contribution in [0.3, 0.4) is 0 Å². The quantitative estimate of drug-likeness (QED) is 0.530. The topological polar surface area (TPSA) is 44.8 Å². The van der Waals surface area contributed by atoms with E-state index in [-0.39, 0.29) is 29.7 Å². The Labute approximate surface area is 173 Å². The van der Waals surface area contributed by atoms with E-state index in [4.69, 9.17) is 14.2 Å². The predicted molar refractivity (Wildman–Crippen MR) is 113 cm³/mol. The Bertz CT molecular complexity index is 509. The van der Waals surface area contributed by atoms with Gasteiger partial charge in [-0.05, 0) is 55.8 Å². The lowest BCUT2D eigenvalue weighted by Gasteiger charge is -2.37. The Morgan fingerprint density at radius 1 is 1.11 bits per heavy atom. The van der Waals surface area contributed by atoms with E-state index < -0.39 is 5.41 Å². The van der Waals surface area contributed by atoms with Crippen LogP contribution < -0.4 is 0 Å². The molecule has 4 nitrogen and oxygen atoms in total. The van der Waals surface area contributed by atoms with Gasteiger partial charge in [0, 0.05) is 5.92 Å². The average Bonchev–Trinajstić information content (AvgIpc) is 3.36. The minimum Gasteiger partial charge on any atom is -0.462 e. The second-order valence-corrected chi connectivity index (χ2v) is 10.7. The number of fused-ring (bicyclic) bond motifs is 2. The van der Waals surface area contributed by atoms with Crippen molar-refractivity contribution in [2.24, 2.45) is 34.5 Å². The van der Waals surface area contributed by atoms with Crippen molar-refractivity contribution < 1.29 is 19.0 Å². The highest BCUT2D eigenvalue weighted by molar-refractivity contribution is 5.76. The molecule has 0 aromatic rings. The standard InChI is InChI=1S/C22H38O4.C2H6/c1-14(2)22(6,13-21(3,4)5)20(23)25-12-17-11-24-19(26-17)18-10-15-7-8-16(18)9-15;1-2/h14-19H,7-13H2,1-6H3;1-2H3. The second-order valence-electron chi connectivity index (χ2n) is 10.7. The molecule has 1 saturated heterocycles. The summed E-state index contributed by atoms with van der Waals surface area (Å²) in [5, 5.41) is 0. The molecule has 2 saturated carbocycles. The summed E-state index contributed by atoms with van der Waals surface area (Å²) >= 11 is 0. The SMILES string of the molecule is CC.CC(C)C(C)(CC(C)(C)C)C(=O)OCC1COC(C2CC3CCC2C3)O1. The molecule has 0 amide bonds. The third-order valence-electron chi connectivity index (χ3n) is 6.95. The van der Waals surface area contributed by atoms with Crippen LogP contribution in [-0.2, 0) is 19.0 Å². The highest BCUT2D eigenvalue weighted by atomic mass is 16.7. The molecule has 4 heteroatoms. The smallest absolute Gasteiger partial charge is 0.312 e. The highest BCUT2D eigenvalue weighted by Gasteiger charge is 2.47. The Kier molecular flexibility index (Phi) is 8.00. The van der Waals surface area contributed by atoms with Crippen LogP contribution >= 0.6 is 0 Å². The molecule has 0 aromatic heterocycles. The van der Waals surface area contributed by atoms with E-state index >= 15 is 0 Å². The molecule has 28 heavy (non-hydrogen) atoms. The van der Waals surface area contributed by atoms with Crippen molar-refractivity contribution in [2.45, 2.75) is 99.9 Å². The number of ether oxygens (including phenoxy) is 3. The van der Waals surface area contributed by atoms with E-state index in [0.29, 0.717) is 19.1 Å². The third-order valence-corrected chi connectivity index (χ3v) is 6.95. The minimum atomic E-state index is -0.471. The normalized spacial score (nSPS) is 34.1. The van der Waals surface area contributed by atoms with Gasteiger partial charge < -0.3 is 14.2 Å². The summed E-state index contributed by atoms with van der Waals surface area (Å²) in [5.74, 6) is 2.35. The monoisotopic (exact) mass is 396 g/mol. The van der Waals surface area contributed by atoms with Gasteiger partial charge in [0.25, 0.3) is 0 Å². The maximum Gasteiger partial charge on any atom is 0.312 e. The molecule has 1 heterocycles. The first-order chi connectivity index (χ1) is 13.1.